The maximum atomic E-state index is 12.4. The quantitative estimate of drug-likeness (QED) is 0.756. The van der Waals surface area contributed by atoms with E-state index >= 15 is 0 Å². The summed E-state index contributed by atoms with van der Waals surface area (Å²) in [5.41, 5.74) is 0. The normalized spacial score (nSPS) is 32.2. The molecule has 2 unspecified atom stereocenters. The van der Waals surface area contributed by atoms with Crippen LogP contribution < -0.4 is 5.32 Å². The average Bonchev–Trinajstić information content (AvgIpc) is 2.54. The van der Waals surface area contributed by atoms with E-state index in [1.165, 1.54) is 25.7 Å². The number of carbonyl (C=O) groups is 1. The lowest BCUT2D eigenvalue weighted by Gasteiger charge is -2.32. The molecular weight excluding hydrogens is 220 g/mol. The summed E-state index contributed by atoms with van der Waals surface area (Å²) in [6.07, 6.45) is 4.90. The first-order valence-electron chi connectivity index (χ1n) is 6.40. The number of hydrogen-bond donors (Lipinski definition) is 1. The Hall–Kier alpha value is -0.220. The van der Waals surface area contributed by atoms with Crippen molar-refractivity contribution in [2.45, 2.75) is 44.7 Å². The molecule has 2 atom stereocenters. The molecule has 2 aliphatic rings. The molecule has 0 spiro atoms. The summed E-state index contributed by atoms with van der Waals surface area (Å²) in [5.74, 6) is 2.42. The van der Waals surface area contributed by atoms with Crippen LogP contribution in [0, 0.1) is 0 Å². The maximum Gasteiger partial charge on any atom is 0.240 e. The van der Waals surface area contributed by atoms with Gasteiger partial charge in [-0.05, 0) is 19.8 Å². The Labute approximate surface area is 102 Å². The van der Waals surface area contributed by atoms with E-state index in [4.69, 9.17) is 0 Å². The van der Waals surface area contributed by atoms with Gasteiger partial charge in [0.2, 0.25) is 5.91 Å². The highest BCUT2D eigenvalue weighted by Gasteiger charge is 2.29. The van der Waals surface area contributed by atoms with Gasteiger partial charge in [0, 0.05) is 30.6 Å². The Balaban J connectivity index is 1.95. The van der Waals surface area contributed by atoms with Gasteiger partial charge in [-0.1, -0.05) is 12.8 Å². The fourth-order valence-corrected chi connectivity index (χ4v) is 3.45. The minimum atomic E-state index is 0.0688. The molecule has 0 aliphatic carbocycles. The van der Waals surface area contributed by atoms with Crippen molar-refractivity contribution in [3.63, 3.8) is 0 Å². The van der Waals surface area contributed by atoms with Gasteiger partial charge >= 0.3 is 0 Å². The molecule has 2 rings (SSSR count). The second-order valence-corrected chi connectivity index (χ2v) is 5.96. The highest BCUT2D eigenvalue weighted by molar-refractivity contribution is 7.99. The second-order valence-electron chi connectivity index (χ2n) is 4.81. The fraction of sp³-hybridized carbons (Fsp3) is 0.917. The van der Waals surface area contributed by atoms with Crippen molar-refractivity contribution in [2.24, 2.45) is 0 Å². The van der Waals surface area contributed by atoms with Crippen LogP contribution in [0.15, 0.2) is 0 Å². The van der Waals surface area contributed by atoms with Crippen LogP contribution in [0.2, 0.25) is 0 Å². The molecule has 16 heavy (non-hydrogen) atoms. The summed E-state index contributed by atoms with van der Waals surface area (Å²) in [4.78, 5) is 14.5. The van der Waals surface area contributed by atoms with E-state index in [0.29, 0.717) is 11.9 Å². The van der Waals surface area contributed by atoms with E-state index in [-0.39, 0.29) is 6.04 Å². The zero-order valence-corrected chi connectivity index (χ0v) is 10.9. The van der Waals surface area contributed by atoms with Crippen molar-refractivity contribution in [1.29, 1.82) is 0 Å². The molecule has 1 amide bonds. The largest absolute Gasteiger partial charge is 0.339 e. The van der Waals surface area contributed by atoms with Crippen molar-refractivity contribution in [1.82, 2.24) is 10.2 Å². The number of likely N-dealkylation sites (tertiary alicyclic amines) is 1. The Kier molecular flexibility index (Phi) is 4.53. The zero-order chi connectivity index (χ0) is 11.4. The molecule has 2 fully saturated rings. The Morgan fingerprint density at radius 1 is 1.38 bits per heavy atom. The van der Waals surface area contributed by atoms with Gasteiger partial charge in [-0.3, -0.25) is 4.79 Å². The predicted octanol–water partition coefficient (Wildman–Crippen LogP) is 1.48. The summed E-state index contributed by atoms with van der Waals surface area (Å²) in [6, 6.07) is 0.503. The highest BCUT2D eigenvalue weighted by Crippen LogP contribution is 2.19. The molecule has 4 heteroatoms. The van der Waals surface area contributed by atoms with E-state index in [0.717, 1.165) is 24.6 Å². The lowest BCUT2D eigenvalue weighted by atomic mass is 10.1. The van der Waals surface area contributed by atoms with E-state index in [1.807, 2.05) is 11.8 Å². The molecule has 2 aliphatic heterocycles. The first-order chi connectivity index (χ1) is 7.79. The van der Waals surface area contributed by atoms with Crippen LogP contribution in [0.1, 0.15) is 32.6 Å². The minimum Gasteiger partial charge on any atom is -0.339 e. The van der Waals surface area contributed by atoms with E-state index in [1.54, 1.807) is 0 Å². The Morgan fingerprint density at radius 3 is 3.00 bits per heavy atom. The summed E-state index contributed by atoms with van der Waals surface area (Å²) < 4.78 is 0. The highest BCUT2D eigenvalue weighted by atomic mass is 32.2. The fourth-order valence-electron chi connectivity index (χ4n) is 2.53. The SMILES string of the molecule is CC1CCCCCN1C(=O)C1CSCCN1. The zero-order valence-electron chi connectivity index (χ0n) is 10.1. The van der Waals surface area contributed by atoms with Gasteiger partial charge in [0.15, 0.2) is 0 Å². The molecular formula is C12H22N2OS. The van der Waals surface area contributed by atoms with E-state index in [9.17, 15) is 4.79 Å². The van der Waals surface area contributed by atoms with E-state index < -0.39 is 0 Å². The van der Waals surface area contributed by atoms with Crippen molar-refractivity contribution in [3.8, 4) is 0 Å². The molecule has 0 saturated carbocycles. The second kappa shape index (κ2) is 5.92. The first kappa shape index (κ1) is 12.2. The molecule has 0 bridgehead atoms. The van der Waals surface area contributed by atoms with Crippen molar-refractivity contribution >= 4 is 17.7 Å². The molecule has 0 radical (unpaired) electrons. The molecule has 3 nitrogen and oxygen atoms in total. The van der Waals surface area contributed by atoms with Crippen LogP contribution >= 0.6 is 11.8 Å². The molecule has 2 heterocycles. The summed E-state index contributed by atoms with van der Waals surface area (Å²) in [7, 11) is 0. The minimum absolute atomic E-state index is 0.0688. The molecule has 1 N–H and O–H groups in total. The van der Waals surface area contributed by atoms with Gasteiger partial charge in [-0.15, -0.1) is 0 Å². The topological polar surface area (TPSA) is 32.3 Å². The first-order valence-corrected chi connectivity index (χ1v) is 7.56. The molecule has 0 aromatic heterocycles. The van der Waals surface area contributed by atoms with Gasteiger partial charge in [0.05, 0.1) is 6.04 Å². The third-order valence-corrected chi connectivity index (χ3v) is 4.62. The van der Waals surface area contributed by atoms with Crippen molar-refractivity contribution < 1.29 is 4.79 Å². The molecule has 92 valence electrons. The van der Waals surface area contributed by atoms with Gasteiger partial charge in [0.1, 0.15) is 0 Å². The van der Waals surface area contributed by atoms with Crippen molar-refractivity contribution in [2.75, 3.05) is 24.6 Å². The third-order valence-electron chi connectivity index (χ3n) is 3.56. The number of hydrogen-bond acceptors (Lipinski definition) is 3. The summed E-state index contributed by atoms with van der Waals surface area (Å²) in [6.45, 7) is 4.13. The lowest BCUT2D eigenvalue weighted by molar-refractivity contribution is -0.134. The monoisotopic (exact) mass is 242 g/mol. The van der Waals surface area contributed by atoms with Gasteiger partial charge in [-0.25, -0.2) is 0 Å². The number of nitrogens with zero attached hydrogens (tertiary/aromatic N) is 1. The molecule has 0 aromatic rings. The van der Waals surface area contributed by atoms with Crippen LogP contribution in [0.25, 0.3) is 0 Å². The van der Waals surface area contributed by atoms with Crippen LogP contribution in [-0.2, 0) is 4.79 Å². The van der Waals surface area contributed by atoms with Crippen LogP contribution in [0.3, 0.4) is 0 Å². The van der Waals surface area contributed by atoms with Gasteiger partial charge in [0.25, 0.3) is 0 Å². The van der Waals surface area contributed by atoms with Crippen LogP contribution in [-0.4, -0.2) is 47.5 Å². The Morgan fingerprint density at radius 2 is 2.25 bits per heavy atom. The third kappa shape index (κ3) is 2.92. The van der Waals surface area contributed by atoms with Gasteiger partial charge in [-0.2, -0.15) is 11.8 Å². The number of carbonyl (C=O) groups excluding carboxylic acids is 1. The van der Waals surface area contributed by atoms with E-state index in [2.05, 4.69) is 17.1 Å². The summed E-state index contributed by atoms with van der Waals surface area (Å²) in [5, 5.41) is 3.35. The average molecular weight is 242 g/mol. The lowest BCUT2D eigenvalue weighted by Crippen LogP contribution is -2.52. The summed E-state index contributed by atoms with van der Waals surface area (Å²) >= 11 is 1.89. The molecule has 0 aromatic carbocycles. The maximum absolute atomic E-state index is 12.4. The molecule has 2 saturated heterocycles. The van der Waals surface area contributed by atoms with Gasteiger partial charge < -0.3 is 10.2 Å². The standard InChI is InChI=1S/C12H22N2OS/c1-10-5-3-2-4-7-14(10)12(15)11-9-16-8-6-13-11/h10-11,13H,2-9H2,1H3. The van der Waals surface area contributed by atoms with Crippen molar-refractivity contribution in [3.05, 3.63) is 0 Å². The number of thioether (sulfide) groups is 1. The number of amides is 1. The number of rotatable bonds is 1. The predicted molar refractivity (Wildman–Crippen MR) is 68.8 cm³/mol. The van der Waals surface area contributed by atoms with Crippen LogP contribution in [0.5, 0.6) is 0 Å². The van der Waals surface area contributed by atoms with Crippen LogP contribution in [0.4, 0.5) is 0 Å². The Bertz CT molecular complexity index is 241. The smallest absolute Gasteiger partial charge is 0.240 e. The number of nitrogens with one attached hydrogen (secondary N) is 1.